The first-order valence-electron chi connectivity index (χ1n) is 5.67. The summed E-state index contributed by atoms with van der Waals surface area (Å²) in [7, 11) is 0. The summed E-state index contributed by atoms with van der Waals surface area (Å²) in [6.45, 7) is 5.71. The molecule has 0 saturated carbocycles. The van der Waals surface area contributed by atoms with Gasteiger partial charge >= 0.3 is 0 Å². The van der Waals surface area contributed by atoms with Crippen LogP contribution in [0.2, 0.25) is 0 Å². The minimum Gasteiger partial charge on any atom is -0.473 e. The Balaban J connectivity index is 2.18. The number of nitrogens with one attached hydrogen (secondary N) is 1. The molecule has 0 radical (unpaired) electrons. The highest BCUT2D eigenvalue weighted by atomic mass is 16.5. The topological polar surface area (TPSA) is 86.1 Å². The molecule has 0 aromatic carbocycles. The molecule has 0 amide bonds. The van der Waals surface area contributed by atoms with Crippen LogP contribution in [-0.2, 0) is 0 Å². The minimum absolute atomic E-state index is 0.00248. The van der Waals surface area contributed by atoms with E-state index in [1.54, 1.807) is 18.2 Å². The van der Waals surface area contributed by atoms with E-state index in [0.29, 0.717) is 23.3 Å². The Hall–Kier alpha value is -2.24. The second-order valence-electron chi connectivity index (χ2n) is 4.20. The van der Waals surface area contributed by atoms with Gasteiger partial charge in [0, 0.05) is 17.8 Å². The van der Waals surface area contributed by atoms with Gasteiger partial charge in [0.2, 0.25) is 17.6 Å². The molecule has 0 bridgehead atoms. The lowest BCUT2D eigenvalue weighted by Gasteiger charge is -2.11. The van der Waals surface area contributed by atoms with E-state index < -0.39 is 0 Å². The second kappa shape index (κ2) is 4.95. The Morgan fingerprint density at radius 1 is 1.28 bits per heavy atom. The molecule has 6 nitrogen and oxygen atoms in total. The molecule has 2 aromatic heterocycles. The van der Waals surface area contributed by atoms with Gasteiger partial charge in [-0.2, -0.15) is 4.98 Å². The van der Waals surface area contributed by atoms with E-state index in [2.05, 4.69) is 15.2 Å². The molecule has 0 atom stereocenters. The number of nitrogens with two attached hydrogens (primary N) is 1. The predicted molar refractivity (Wildman–Crippen MR) is 67.8 cm³/mol. The second-order valence-corrected chi connectivity index (χ2v) is 4.20. The zero-order chi connectivity index (χ0) is 13.1. The molecule has 0 aliphatic rings. The lowest BCUT2D eigenvalue weighted by Crippen LogP contribution is -2.09. The van der Waals surface area contributed by atoms with Crippen LogP contribution in [0.5, 0.6) is 17.6 Å². The van der Waals surface area contributed by atoms with Crippen LogP contribution in [0.4, 0.5) is 5.69 Å². The van der Waals surface area contributed by atoms with E-state index in [1.807, 2.05) is 20.8 Å². The molecule has 0 saturated heterocycles. The number of aromatic nitrogens is 3. The first-order valence-corrected chi connectivity index (χ1v) is 5.67. The highest BCUT2D eigenvalue weighted by Gasteiger charge is 2.09. The molecular formula is C12H16N4O2. The van der Waals surface area contributed by atoms with Crippen molar-refractivity contribution in [2.24, 2.45) is 0 Å². The van der Waals surface area contributed by atoms with Gasteiger partial charge in [0.15, 0.2) is 0 Å². The number of hydrogen-bond acceptors (Lipinski definition) is 5. The van der Waals surface area contributed by atoms with Gasteiger partial charge in [-0.05, 0) is 26.8 Å². The molecule has 2 rings (SSSR count). The number of pyridine rings is 1. The number of anilines is 1. The van der Waals surface area contributed by atoms with E-state index in [0.717, 1.165) is 5.69 Å². The molecule has 2 aromatic rings. The van der Waals surface area contributed by atoms with Crippen molar-refractivity contribution >= 4 is 5.69 Å². The molecule has 0 unspecified atom stereocenters. The first-order chi connectivity index (χ1) is 8.54. The highest BCUT2D eigenvalue weighted by molar-refractivity contribution is 5.49. The van der Waals surface area contributed by atoms with Crippen LogP contribution >= 0.6 is 0 Å². The van der Waals surface area contributed by atoms with Crippen LogP contribution in [-0.4, -0.2) is 21.3 Å². The SMILES string of the molecule is Cc1cc(Oc2ccc(N)c(OC(C)C)n2)n[nH]1. The summed E-state index contributed by atoms with van der Waals surface area (Å²) in [6.07, 6.45) is 0.00248. The summed E-state index contributed by atoms with van der Waals surface area (Å²) in [5.74, 6) is 1.22. The number of H-pyrrole nitrogens is 1. The van der Waals surface area contributed by atoms with Crippen molar-refractivity contribution in [3.63, 3.8) is 0 Å². The molecule has 2 heterocycles. The number of ether oxygens (including phenoxy) is 2. The summed E-state index contributed by atoms with van der Waals surface area (Å²) in [5.41, 5.74) is 7.17. The molecule has 18 heavy (non-hydrogen) atoms. The third-order valence-corrected chi connectivity index (χ3v) is 2.10. The molecule has 0 aliphatic carbocycles. The molecular weight excluding hydrogens is 232 g/mol. The zero-order valence-electron chi connectivity index (χ0n) is 10.6. The molecule has 3 N–H and O–H groups in total. The Morgan fingerprint density at radius 2 is 2.06 bits per heavy atom. The van der Waals surface area contributed by atoms with Crippen LogP contribution in [0.15, 0.2) is 18.2 Å². The molecule has 0 fully saturated rings. The Bertz CT molecular complexity index is 537. The molecule has 6 heteroatoms. The minimum atomic E-state index is 0.00248. The number of rotatable bonds is 4. The average molecular weight is 248 g/mol. The standard InChI is InChI=1S/C12H16N4O2/c1-7(2)17-12-9(13)4-5-10(14-12)18-11-6-8(3)15-16-11/h4-7H,13H2,1-3H3,(H,15,16). The van der Waals surface area contributed by atoms with E-state index in [1.165, 1.54) is 0 Å². The van der Waals surface area contributed by atoms with Crippen LogP contribution in [0.3, 0.4) is 0 Å². The van der Waals surface area contributed by atoms with Gasteiger partial charge in [-0.1, -0.05) is 0 Å². The van der Waals surface area contributed by atoms with Crippen molar-refractivity contribution in [2.75, 3.05) is 5.73 Å². The average Bonchev–Trinajstić information content (AvgIpc) is 2.68. The first kappa shape index (κ1) is 12.2. The van der Waals surface area contributed by atoms with Crippen molar-refractivity contribution in [3.8, 4) is 17.6 Å². The van der Waals surface area contributed by atoms with Gasteiger partial charge in [0.1, 0.15) is 0 Å². The maximum Gasteiger partial charge on any atom is 0.240 e. The lowest BCUT2D eigenvalue weighted by molar-refractivity contribution is 0.232. The van der Waals surface area contributed by atoms with E-state index >= 15 is 0 Å². The highest BCUT2D eigenvalue weighted by Crippen LogP contribution is 2.25. The quantitative estimate of drug-likeness (QED) is 0.866. The van der Waals surface area contributed by atoms with Gasteiger partial charge in [0.25, 0.3) is 0 Å². The van der Waals surface area contributed by atoms with Crippen molar-refractivity contribution in [1.29, 1.82) is 0 Å². The van der Waals surface area contributed by atoms with Crippen LogP contribution < -0.4 is 15.2 Å². The summed E-state index contributed by atoms with van der Waals surface area (Å²) >= 11 is 0. The van der Waals surface area contributed by atoms with Gasteiger partial charge < -0.3 is 15.2 Å². The molecule has 0 aliphatic heterocycles. The molecule has 0 spiro atoms. The smallest absolute Gasteiger partial charge is 0.240 e. The Kier molecular flexibility index (Phi) is 3.36. The molecule has 96 valence electrons. The summed E-state index contributed by atoms with van der Waals surface area (Å²) < 4.78 is 11.0. The van der Waals surface area contributed by atoms with Crippen molar-refractivity contribution in [1.82, 2.24) is 15.2 Å². The van der Waals surface area contributed by atoms with E-state index in [9.17, 15) is 0 Å². The Morgan fingerprint density at radius 3 is 2.67 bits per heavy atom. The van der Waals surface area contributed by atoms with Gasteiger partial charge in [-0.25, -0.2) is 0 Å². The number of nitrogen functional groups attached to an aromatic ring is 1. The summed E-state index contributed by atoms with van der Waals surface area (Å²) in [4.78, 5) is 4.19. The van der Waals surface area contributed by atoms with E-state index in [4.69, 9.17) is 15.2 Å². The van der Waals surface area contributed by atoms with Gasteiger partial charge in [0.05, 0.1) is 11.8 Å². The van der Waals surface area contributed by atoms with Crippen molar-refractivity contribution < 1.29 is 9.47 Å². The third-order valence-electron chi connectivity index (χ3n) is 2.10. The maximum absolute atomic E-state index is 5.77. The summed E-state index contributed by atoms with van der Waals surface area (Å²) in [5, 5.41) is 6.75. The number of aromatic amines is 1. The van der Waals surface area contributed by atoms with Crippen LogP contribution in [0.1, 0.15) is 19.5 Å². The fourth-order valence-electron chi connectivity index (χ4n) is 1.36. The fourth-order valence-corrected chi connectivity index (χ4v) is 1.36. The third kappa shape index (κ3) is 2.91. The Labute approximate surface area is 105 Å². The predicted octanol–water partition coefficient (Wildman–Crippen LogP) is 2.27. The van der Waals surface area contributed by atoms with Crippen LogP contribution in [0.25, 0.3) is 0 Å². The van der Waals surface area contributed by atoms with E-state index in [-0.39, 0.29) is 6.10 Å². The number of nitrogens with zero attached hydrogens (tertiary/aromatic N) is 2. The number of hydrogen-bond donors (Lipinski definition) is 2. The monoisotopic (exact) mass is 248 g/mol. The van der Waals surface area contributed by atoms with Crippen LogP contribution in [0, 0.1) is 6.92 Å². The fraction of sp³-hybridized carbons (Fsp3) is 0.333. The maximum atomic E-state index is 5.77. The van der Waals surface area contributed by atoms with Gasteiger partial charge in [-0.15, -0.1) is 5.10 Å². The number of aryl methyl sites for hydroxylation is 1. The largest absolute Gasteiger partial charge is 0.473 e. The van der Waals surface area contributed by atoms with Crippen molar-refractivity contribution in [2.45, 2.75) is 26.9 Å². The zero-order valence-corrected chi connectivity index (χ0v) is 10.6. The normalized spacial score (nSPS) is 10.7. The van der Waals surface area contributed by atoms with Crippen molar-refractivity contribution in [3.05, 3.63) is 23.9 Å². The summed E-state index contributed by atoms with van der Waals surface area (Å²) in [6, 6.07) is 5.15. The lowest BCUT2D eigenvalue weighted by atomic mass is 10.4. The van der Waals surface area contributed by atoms with Gasteiger partial charge in [-0.3, -0.25) is 5.10 Å².